The van der Waals surface area contributed by atoms with Crippen LogP contribution < -0.4 is 5.32 Å². The third kappa shape index (κ3) is 3.96. The number of carbonyl (C=O) groups excluding carboxylic acids is 1. The molecule has 0 spiro atoms. The number of hydrogen-bond acceptors (Lipinski definition) is 5. The van der Waals surface area contributed by atoms with Gasteiger partial charge in [0, 0.05) is 16.8 Å². The molecule has 1 N–H and O–H groups in total. The Morgan fingerprint density at radius 1 is 0.933 bits per heavy atom. The molecule has 30 heavy (non-hydrogen) atoms. The number of benzene rings is 2. The number of nitrogens with zero attached hydrogens (tertiary/aromatic N) is 5. The van der Waals surface area contributed by atoms with Gasteiger partial charge in [-0.15, -0.1) is 10.2 Å². The standard InChI is InChI=1S/C23H22N6O/c1-14-5-6-19(22-26-28-29(4)27-22)12-20(14)17-7-9-18(10-8-17)23(30)25-21-13-24-16(3)11-15(21)2/h5-13H,1-4H3,(H,25,30). The smallest absolute Gasteiger partial charge is 0.255 e. The molecule has 0 aliphatic carbocycles. The van der Waals surface area contributed by atoms with E-state index in [1.165, 1.54) is 4.80 Å². The molecule has 7 heteroatoms. The molecule has 0 fully saturated rings. The minimum Gasteiger partial charge on any atom is -0.320 e. The van der Waals surface area contributed by atoms with Crippen molar-refractivity contribution >= 4 is 11.6 Å². The van der Waals surface area contributed by atoms with E-state index in [2.05, 4.69) is 32.6 Å². The molecule has 0 saturated carbocycles. The van der Waals surface area contributed by atoms with Crippen molar-refractivity contribution < 1.29 is 4.79 Å². The van der Waals surface area contributed by atoms with Gasteiger partial charge in [0.1, 0.15) is 0 Å². The Labute approximate surface area is 174 Å². The van der Waals surface area contributed by atoms with Crippen LogP contribution in [0.4, 0.5) is 5.69 Å². The number of rotatable bonds is 4. The number of carbonyl (C=O) groups is 1. The zero-order valence-electron chi connectivity index (χ0n) is 17.3. The van der Waals surface area contributed by atoms with E-state index >= 15 is 0 Å². The quantitative estimate of drug-likeness (QED) is 0.559. The summed E-state index contributed by atoms with van der Waals surface area (Å²) in [5, 5.41) is 15.2. The van der Waals surface area contributed by atoms with Gasteiger partial charge in [0.25, 0.3) is 5.91 Å². The number of nitrogens with one attached hydrogen (secondary N) is 1. The molecular formula is C23H22N6O. The van der Waals surface area contributed by atoms with Gasteiger partial charge in [-0.3, -0.25) is 9.78 Å². The summed E-state index contributed by atoms with van der Waals surface area (Å²) < 4.78 is 0. The molecule has 2 aromatic carbocycles. The van der Waals surface area contributed by atoms with Crippen molar-refractivity contribution in [3.05, 3.63) is 77.1 Å². The van der Waals surface area contributed by atoms with Gasteiger partial charge in [-0.2, -0.15) is 4.80 Å². The first-order valence-corrected chi connectivity index (χ1v) is 9.61. The van der Waals surface area contributed by atoms with Gasteiger partial charge in [0.2, 0.25) is 5.82 Å². The number of tetrazole rings is 1. The first kappa shape index (κ1) is 19.4. The number of anilines is 1. The van der Waals surface area contributed by atoms with Gasteiger partial charge >= 0.3 is 0 Å². The lowest BCUT2D eigenvalue weighted by atomic mass is 9.97. The SMILES string of the molecule is Cc1cc(C)c(NC(=O)c2ccc(-c3cc(-c4nnn(C)n4)ccc3C)cc2)cn1. The number of aryl methyl sites for hydroxylation is 4. The molecule has 2 heterocycles. The second-order valence-corrected chi connectivity index (χ2v) is 7.30. The Hall–Kier alpha value is -3.87. The Morgan fingerprint density at radius 2 is 1.67 bits per heavy atom. The molecule has 0 atom stereocenters. The second kappa shape index (κ2) is 7.87. The Morgan fingerprint density at radius 3 is 2.33 bits per heavy atom. The largest absolute Gasteiger partial charge is 0.320 e. The van der Waals surface area contributed by atoms with E-state index in [1.54, 1.807) is 13.2 Å². The van der Waals surface area contributed by atoms with Gasteiger partial charge in [0.05, 0.1) is 18.9 Å². The minimum absolute atomic E-state index is 0.162. The molecular weight excluding hydrogens is 376 g/mol. The van der Waals surface area contributed by atoms with Gasteiger partial charge in [-0.05, 0) is 72.5 Å². The molecule has 0 bridgehead atoms. The van der Waals surface area contributed by atoms with Crippen LogP contribution in [0.5, 0.6) is 0 Å². The number of aromatic nitrogens is 5. The van der Waals surface area contributed by atoms with Crippen LogP contribution in [0.25, 0.3) is 22.5 Å². The summed E-state index contributed by atoms with van der Waals surface area (Å²) in [5.74, 6) is 0.418. The number of amides is 1. The molecule has 1 amide bonds. The van der Waals surface area contributed by atoms with Crippen LogP contribution in [0.15, 0.2) is 54.7 Å². The highest BCUT2D eigenvalue weighted by Gasteiger charge is 2.11. The maximum absolute atomic E-state index is 12.6. The minimum atomic E-state index is -0.162. The van der Waals surface area contributed by atoms with Crippen LogP contribution >= 0.6 is 0 Å². The number of hydrogen-bond donors (Lipinski definition) is 1. The molecule has 150 valence electrons. The van der Waals surface area contributed by atoms with E-state index in [0.29, 0.717) is 11.4 Å². The first-order valence-electron chi connectivity index (χ1n) is 9.61. The highest BCUT2D eigenvalue weighted by atomic mass is 16.1. The Bertz CT molecular complexity index is 1230. The monoisotopic (exact) mass is 398 g/mol. The van der Waals surface area contributed by atoms with Crippen molar-refractivity contribution in [1.82, 2.24) is 25.2 Å². The average Bonchev–Trinajstić information content (AvgIpc) is 3.17. The summed E-state index contributed by atoms with van der Waals surface area (Å²) in [7, 11) is 1.74. The van der Waals surface area contributed by atoms with Gasteiger partial charge in [0.15, 0.2) is 0 Å². The van der Waals surface area contributed by atoms with Crippen LogP contribution in [0, 0.1) is 20.8 Å². The van der Waals surface area contributed by atoms with Crippen LogP contribution in [0.1, 0.15) is 27.2 Å². The summed E-state index contributed by atoms with van der Waals surface area (Å²) in [6.45, 7) is 5.93. The third-order valence-electron chi connectivity index (χ3n) is 4.96. The Kier molecular flexibility index (Phi) is 5.10. The number of pyridine rings is 1. The Balaban J connectivity index is 1.58. The van der Waals surface area contributed by atoms with Gasteiger partial charge in [-0.1, -0.05) is 24.3 Å². The van der Waals surface area contributed by atoms with Crippen LogP contribution in [0.3, 0.4) is 0 Å². The van der Waals surface area contributed by atoms with E-state index in [9.17, 15) is 4.79 Å². The predicted molar refractivity (Wildman–Crippen MR) is 116 cm³/mol. The van der Waals surface area contributed by atoms with E-state index in [-0.39, 0.29) is 5.91 Å². The molecule has 0 aliphatic rings. The fraction of sp³-hybridized carbons (Fsp3) is 0.174. The van der Waals surface area contributed by atoms with Crippen molar-refractivity contribution in [2.24, 2.45) is 7.05 Å². The molecule has 7 nitrogen and oxygen atoms in total. The molecule has 4 rings (SSSR count). The second-order valence-electron chi connectivity index (χ2n) is 7.30. The summed E-state index contributed by atoms with van der Waals surface area (Å²) in [5.41, 5.74) is 7.31. The average molecular weight is 398 g/mol. The molecule has 2 aromatic heterocycles. The zero-order valence-corrected chi connectivity index (χ0v) is 17.3. The third-order valence-corrected chi connectivity index (χ3v) is 4.96. The predicted octanol–water partition coefficient (Wildman–Crippen LogP) is 4.12. The van der Waals surface area contributed by atoms with Gasteiger partial charge in [-0.25, -0.2) is 0 Å². The molecule has 0 radical (unpaired) electrons. The van der Waals surface area contributed by atoms with Gasteiger partial charge < -0.3 is 5.32 Å². The summed E-state index contributed by atoms with van der Waals surface area (Å²) in [4.78, 5) is 18.3. The van der Waals surface area contributed by atoms with Crippen molar-refractivity contribution in [1.29, 1.82) is 0 Å². The van der Waals surface area contributed by atoms with Crippen molar-refractivity contribution in [3.8, 4) is 22.5 Å². The summed E-state index contributed by atoms with van der Waals surface area (Å²) in [6.07, 6.45) is 1.69. The van der Waals surface area contributed by atoms with Crippen LogP contribution in [-0.4, -0.2) is 31.1 Å². The lowest BCUT2D eigenvalue weighted by Crippen LogP contribution is -2.13. The molecule has 4 aromatic rings. The maximum atomic E-state index is 12.6. The highest BCUT2D eigenvalue weighted by molar-refractivity contribution is 6.04. The highest BCUT2D eigenvalue weighted by Crippen LogP contribution is 2.28. The lowest BCUT2D eigenvalue weighted by molar-refractivity contribution is 0.102. The van der Waals surface area contributed by atoms with Crippen LogP contribution in [0.2, 0.25) is 0 Å². The lowest BCUT2D eigenvalue weighted by Gasteiger charge is -2.10. The molecule has 0 aliphatic heterocycles. The van der Waals surface area contributed by atoms with Crippen molar-refractivity contribution in [2.45, 2.75) is 20.8 Å². The van der Waals surface area contributed by atoms with E-state index in [1.807, 2.05) is 62.4 Å². The van der Waals surface area contributed by atoms with E-state index < -0.39 is 0 Å². The first-order chi connectivity index (χ1) is 14.4. The van der Waals surface area contributed by atoms with E-state index in [4.69, 9.17) is 0 Å². The van der Waals surface area contributed by atoms with Crippen molar-refractivity contribution in [2.75, 3.05) is 5.32 Å². The topological polar surface area (TPSA) is 85.6 Å². The fourth-order valence-corrected chi connectivity index (χ4v) is 3.29. The zero-order chi connectivity index (χ0) is 21.3. The normalized spacial score (nSPS) is 10.8. The summed E-state index contributed by atoms with van der Waals surface area (Å²) in [6, 6.07) is 15.6. The van der Waals surface area contributed by atoms with Crippen molar-refractivity contribution in [3.63, 3.8) is 0 Å². The van der Waals surface area contributed by atoms with Crippen LogP contribution in [-0.2, 0) is 7.05 Å². The molecule has 0 saturated heterocycles. The fourth-order valence-electron chi connectivity index (χ4n) is 3.29. The summed E-state index contributed by atoms with van der Waals surface area (Å²) >= 11 is 0. The van der Waals surface area contributed by atoms with E-state index in [0.717, 1.165) is 39.2 Å². The molecule has 0 unspecified atom stereocenters. The maximum Gasteiger partial charge on any atom is 0.255 e.